The van der Waals surface area contributed by atoms with E-state index in [9.17, 15) is 4.79 Å². The number of aromatic nitrogens is 4. The first-order chi connectivity index (χ1) is 12.3. The number of aromatic amines is 1. The molecule has 7 nitrogen and oxygen atoms in total. The van der Waals surface area contributed by atoms with Gasteiger partial charge in [0.05, 0.1) is 17.5 Å². The maximum Gasteiger partial charge on any atom is 0.226 e. The fraction of sp³-hybridized carbons (Fsp3) is 0.421. The molecule has 1 atom stereocenters. The van der Waals surface area contributed by atoms with Crippen LogP contribution in [0.3, 0.4) is 0 Å². The predicted octanol–water partition coefficient (Wildman–Crippen LogP) is 3.71. The molecule has 0 bridgehead atoms. The molecule has 7 heteroatoms. The Hall–Kier alpha value is -2.83. The Morgan fingerprint density at radius 3 is 2.65 bits per heavy atom. The molecule has 0 spiro atoms. The summed E-state index contributed by atoms with van der Waals surface area (Å²) in [4.78, 5) is 12.3. The normalized spacial score (nSPS) is 17.3. The van der Waals surface area contributed by atoms with E-state index in [1.54, 1.807) is 6.26 Å². The highest BCUT2D eigenvalue weighted by molar-refractivity contribution is 5.95. The number of carbonyl (C=O) groups is 1. The zero-order valence-corrected chi connectivity index (χ0v) is 15.7. The highest BCUT2D eigenvalue weighted by Crippen LogP contribution is 2.44. The molecule has 1 aliphatic rings. The molecule has 4 rings (SSSR count). The Morgan fingerprint density at radius 1 is 1.27 bits per heavy atom. The van der Waals surface area contributed by atoms with Crippen molar-refractivity contribution in [3.63, 3.8) is 0 Å². The van der Waals surface area contributed by atoms with Crippen LogP contribution in [0.5, 0.6) is 0 Å². The number of fused-ring (bicyclic) bond motifs is 1. The van der Waals surface area contributed by atoms with E-state index < -0.39 is 0 Å². The van der Waals surface area contributed by atoms with Crippen molar-refractivity contribution in [2.75, 3.05) is 5.32 Å². The predicted molar refractivity (Wildman–Crippen MR) is 98.1 cm³/mol. The van der Waals surface area contributed by atoms with Crippen LogP contribution >= 0.6 is 0 Å². The summed E-state index contributed by atoms with van der Waals surface area (Å²) in [5, 5.41) is 15.0. The third kappa shape index (κ3) is 2.46. The van der Waals surface area contributed by atoms with Gasteiger partial charge in [0.25, 0.3) is 0 Å². The lowest BCUT2D eigenvalue weighted by Crippen LogP contribution is -2.26. The summed E-state index contributed by atoms with van der Waals surface area (Å²) in [5.41, 5.74) is 4.73. The van der Waals surface area contributed by atoms with E-state index in [2.05, 4.69) is 43.2 Å². The summed E-state index contributed by atoms with van der Waals surface area (Å²) in [6.07, 6.45) is 1.99. The van der Waals surface area contributed by atoms with Gasteiger partial charge in [-0.25, -0.2) is 0 Å². The lowest BCUT2D eigenvalue weighted by Gasteiger charge is -2.25. The third-order valence-corrected chi connectivity index (χ3v) is 4.90. The number of nitrogens with zero attached hydrogens (tertiary/aromatic N) is 3. The molecule has 0 aromatic carbocycles. The summed E-state index contributed by atoms with van der Waals surface area (Å²) < 4.78 is 7.61. The molecular formula is C19H23N5O2. The molecule has 0 saturated carbocycles. The molecule has 0 saturated heterocycles. The summed E-state index contributed by atoms with van der Waals surface area (Å²) in [6, 6.07) is 3.73. The van der Waals surface area contributed by atoms with Gasteiger partial charge in [-0.3, -0.25) is 14.6 Å². The first-order valence-electron chi connectivity index (χ1n) is 8.76. The molecule has 0 aliphatic carbocycles. The Balaban J connectivity index is 1.92. The van der Waals surface area contributed by atoms with Gasteiger partial charge in [0.15, 0.2) is 11.6 Å². The Bertz CT molecular complexity index is 973. The standard InChI is InChI=1S/C19H23N5O2/c1-10-15(11(2)24(23-10)19(3,4)5)12-9-14(25)20-18-16(12)17(21-22-18)13-7-6-8-26-13/h6-8,12H,9H2,1-5H3,(H2,20,21,22,25). The van der Waals surface area contributed by atoms with Crippen LogP contribution < -0.4 is 5.32 Å². The van der Waals surface area contributed by atoms with Crippen LogP contribution in [0.2, 0.25) is 0 Å². The molecule has 1 aliphatic heterocycles. The van der Waals surface area contributed by atoms with E-state index in [1.807, 2.05) is 23.7 Å². The summed E-state index contributed by atoms with van der Waals surface area (Å²) in [5.74, 6) is 1.12. The van der Waals surface area contributed by atoms with Gasteiger partial charge in [-0.15, -0.1) is 0 Å². The first kappa shape index (κ1) is 16.6. The van der Waals surface area contributed by atoms with Crippen molar-refractivity contribution >= 4 is 11.7 Å². The summed E-state index contributed by atoms with van der Waals surface area (Å²) in [6.45, 7) is 10.5. The van der Waals surface area contributed by atoms with Crippen LogP contribution in [0.15, 0.2) is 22.8 Å². The minimum absolute atomic E-state index is 0.0395. The van der Waals surface area contributed by atoms with Gasteiger partial charge in [0.2, 0.25) is 5.91 Å². The second kappa shape index (κ2) is 5.59. The number of hydrogen-bond donors (Lipinski definition) is 2. The number of carbonyl (C=O) groups excluding carboxylic acids is 1. The van der Waals surface area contributed by atoms with Crippen molar-refractivity contribution in [3.8, 4) is 11.5 Å². The number of aryl methyl sites for hydroxylation is 1. The molecule has 2 N–H and O–H groups in total. The topological polar surface area (TPSA) is 88.7 Å². The average molecular weight is 353 g/mol. The van der Waals surface area contributed by atoms with E-state index in [0.717, 1.165) is 28.2 Å². The number of anilines is 1. The van der Waals surface area contributed by atoms with Gasteiger partial charge in [-0.05, 0) is 46.8 Å². The number of rotatable bonds is 2. The molecule has 1 amide bonds. The number of hydrogen-bond acceptors (Lipinski definition) is 4. The van der Waals surface area contributed by atoms with Gasteiger partial charge < -0.3 is 9.73 Å². The lowest BCUT2D eigenvalue weighted by atomic mass is 9.84. The van der Waals surface area contributed by atoms with E-state index >= 15 is 0 Å². The molecule has 0 radical (unpaired) electrons. The Kier molecular flexibility index (Phi) is 3.57. The molecule has 26 heavy (non-hydrogen) atoms. The fourth-order valence-electron chi connectivity index (χ4n) is 3.92. The second-order valence-electron chi connectivity index (χ2n) is 7.81. The molecule has 4 heterocycles. The number of nitrogens with one attached hydrogen (secondary N) is 2. The van der Waals surface area contributed by atoms with Crippen molar-refractivity contribution in [1.82, 2.24) is 20.0 Å². The number of furan rings is 1. The summed E-state index contributed by atoms with van der Waals surface area (Å²) >= 11 is 0. The quantitative estimate of drug-likeness (QED) is 0.735. The molecular weight excluding hydrogens is 330 g/mol. The van der Waals surface area contributed by atoms with Gasteiger partial charge >= 0.3 is 0 Å². The maximum absolute atomic E-state index is 12.3. The van der Waals surface area contributed by atoms with Crippen molar-refractivity contribution in [2.45, 2.75) is 52.5 Å². The number of H-pyrrole nitrogens is 1. The van der Waals surface area contributed by atoms with Gasteiger partial charge in [0, 0.05) is 29.2 Å². The van der Waals surface area contributed by atoms with Crippen LogP contribution in [0.1, 0.15) is 55.6 Å². The van der Waals surface area contributed by atoms with Crippen molar-refractivity contribution < 1.29 is 9.21 Å². The summed E-state index contributed by atoms with van der Waals surface area (Å²) in [7, 11) is 0. The van der Waals surface area contributed by atoms with Crippen LogP contribution in [-0.4, -0.2) is 25.9 Å². The minimum atomic E-state index is -0.132. The van der Waals surface area contributed by atoms with E-state index in [1.165, 1.54) is 0 Å². The SMILES string of the molecule is Cc1nn(C(C)(C)C)c(C)c1C1CC(=O)Nc2n[nH]c(-c3ccco3)c21. The van der Waals surface area contributed by atoms with Gasteiger partial charge in [-0.2, -0.15) is 10.2 Å². The van der Waals surface area contributed by atoms with Gasteiger partial charge in [-0.1, -0.05) is 0 Å². The van der Waals surface area contributed by atoms with Crippen molar-refractivity contribution in [1.29, 1.82) is 0 Å². The smallest absolute Gasteiger partial charge is 0.226 e. The molecule has 0 fully saturated rings. The highest BCUT2D eigenvalue weighted by atomic mass is 16.3. The van der Waals surface area contributed by atoms with Crippen molar-refractivity contribution in [2.24, 2.45) is 0 Å². The Labute approximate surface area is 151 Å². The van der Waals surface area contributed by atoms with Crippen molar-refractivity contribution in [3.05, 3.63) is 40.9 Å². The lowest BCUT2D eigenvalue weighted by molar-refractivity contribution is -0.116. The zero-order chi connectivity index (χ0) is 18.6. The largest absolute Gasteiger partial charge is 0.463 e. The second-order valence-corrected chi connectivity index (χ2v) is 7.81. The highest BCUT2D eigenvalue weighted by Gasteiger charge is 2.36. The molecule has 1 unspecified atom stereocenters. The van der Waals surface area contributed by atoms with Crippen LogP contribution in [0.4, 0.5) is 5.82 Å². The maximum atomic E-state index is 12.3. The van der Waals surface area contributed by atoms with Crippen LogP contribution in [-0.2, 0) is 10.3 Å². The van der Waals surface area contributed by atoms with E-state index in [0.29, 0.717) is 18.0 Å². The zero-order valence-electron chi connectivity index (χ0n) is 15.7. The van der Waals surface area contributed by atoms with Crippen LogP contribution in [0.25, 0.3) is 11.5 Å². The third-order valence-electron chi connectivity index (χ3n) is 4.90. The van der Waals surface area contributed by atoms with E-state index in [4.69, 9.17) is 9.52 Å². The van der Waals surface area contributed by atoms with E-state index in [-0.39, 0.29) is 17.4 Å². The van der Waals surface area contributed by atoms with Gasteiger partial charge in [0.1, 0.15) is 5.69 Å². The minimum Gasteiger partial charge on any atom is -0.463 e. The molecule has 3 aromatic heterocycles. The molecule has 136 valence electrons. The number of amides is 1. The first-order valence-corrected chi connectivity index (χ1v) is 8.76. The monoisotopic (exact) mass is 353 g/mol. The van der Waals surface area contributed by atoms with Crippen LogP contribution in [0, 0.1) is 13.8 Å². The molecule has 3 aromatic rings. The average Bonchev–Trinajstić information content (AvgIpc) is 3.24. The fourth-order valence-corrected chi connectivity index (χ4v) is 3.92. The Morgan fingerprint density at radius 2 is 2.04 bits per heavy atom.